The second-order valence-electron chi connectivity index (χ2n) is 2.87. The van der Waals surface area contributed by atoms with Crippen molar-refractivity contribution < 1.29 is 14.3 Å². The van der Waals surface area contributed by atoms with Crippen LogP contribution < -0.4 is 4.90 Å². The van der Waals surface area contributed by atoms with E-state index in [0.29, 0.717) is 0 Å². The van der Waals surface area contributed by atoms with Gasteiger partial charge in [0.1, 0.15) is 0 Å². The van der Waals surface area contributed by atoms with Crippen molar-refractivity contribution in [1.82, 2.24) is 4.98 Å². The van der Waals surface area contributed by atoms with Crippen molar-refractivity contribution in [3.8, 4) is 0 Å². The van der Waals surface area contributed by atoms with Crippen molar-refractivity contribution in [3.05, 3.63) is 24.1 Å². The Kier molecular flexibility index (Phi) is 3.39. The van der Waals surface area contributed by atoms with Crippen molar-refractivity contribution in [1.29, 1.82) is 0 Å². The molecule has 1 rings (SSSR count). The Morgan fingerprint density at radius 2 is 2.43 bits per heavy atom. The molecule has 0 bridgehead atoms. The van der Waals surface area contributed by atoms with Gasteiger partial charge in [0.2, 0.25) is 0 Å². The van der Waals surface area contributed by atoms with Crippen LogP contribution in [0, 0.1) is 5.82 Å². The van der Waals surface area contributed by atoms with Crippen molar-refractivity contribution >= 4 is 11.8 Å². The van der Waals surface area contributed by atoms with E-state index in [1.807, 2.05) is 0 Å². The fourth-order valence-corrected chi connectivity index (χ4v) is 1.03. The van der Waals surface area contributed by atoms with Crippen LogP contribution in [0.25, 0.3) is 0 Å². The summed E-state index contributed by atoms with van der Waals surface area (Å²) in [5.74, 6) is -1.18. The SMILES string of the molecule is CN(CCC(=O)O)c1ncccc1F. The summed E-state index contributed by atoms with van der Waals surface area (Å²) in [6, 6.07) is 2.78. The Labute approximate surface area is 81.0 Å². The van der Waals surface area contributed by atoms with Crippen molar-refractivity contribution in [2.45, 2.75) is 6.42 Å². The van der Waals surface area contributed by atoms with Gasteiger partial charge in [0, 0.05) is 19.8 Å². The van der Waals surface area contributed by atoms with E-state index in [9.17, 15) is 9.18 Å². The lowest BCUT2D eigenvalue weighted by Crippen LogP contribution is -2.22. The minimum absolute atomic E-state index is 0.0352. The van der Waals surface area contributed by atoms with Crippen LogP contribution in [0.4, 0.5) is 10.2 Å². The zero-order chi connectivity index (χ0) is 10.6. The smallest absolute Gasteiger partial charge is 0.305 e. The summed E-state index contributed by atoms with van der Waals surface area (Å²) in [5, 5.41) is 8.44. The topological polar surface area (TPSA) is 53.4 Å². The molecule has 1 aromatic heterocycles. The monoisotopic (exact) mass is 198 g/mol. The number of anilines is 1. The lowest BCUT2D eigenvalue weighted by atomic mass is 10.3. The lowest BCUT2D eigenvalue weighted by molar-refractivity contribution is -0.136. The van der Waals surface area contributed by atoms with Crippen LogP contribution in [-0.4, -0.2) is 29.7 Å². The molecule has 76 valence electrons. The van der Waals surface area contributed by atoms with Crippen LogP contribution >= 0.6 is 0 Å². The van der Waals surface area contributed by atoms with Crippen LogP contribution in [0.5, 0.6) is 0 Å². The summed E-state index contributed by atoms with van der Waals surface area (Å²) in [6.07, 6.45) is 1.43. The summed E-state index contributed by atoms with van der Waals surface area (Å²) in [7, 11) is 1.61. The Morgan fingerprint density at radius 1 is 1.71 bits per heavy atom. The molecule has 4 nitrogen and oxygen atoms in total. The molecule has 1 heterocycles. The van der Waals surface area contributed by atoms with E-state index >= 15 is 0 Å². The maximum Gasteiger partial charge on any atom is 0.305 e. The Morgan fingerprint density at radius 3 is 3.00 bits per heavy atom. The molecule has 1 aromatic rings. The summed E-state index contributed by atoms with van der Waals surface area (Å²) < 4.78 is 13.1. The van der Waals surface area contributed by atoms with E-state index in [-0.39, 0.29) is 18.8 Å². The van der Waals surface area contributed by atoms with Gasteiger partial charge in [0.25, 0.3) is 0 Å². The molecule has 14 heavy (non-hydrogen) atoms. The highest BCUT2D eigenvalue weighted by atomic mass is 19.1. The first-order valence-electron chi connectivity index (χ1n) is 4.14. The van der Waals surface area contributed by atoms with Crippen molar-refractivity contribution in [2.75, 3.05) is 18.5 Å². The first kappa shape index (κ1) is 10.4. The molecule has 0 unspecified atom stereocenters. The molecular formula is C9H11FN2O2. The number of hydrogen-bond donors (Lipinski definition) is 1. The fraction of sp³-hybridized carbons (Fsp3) is 0.333. The highest BCUT2D eigenvalue weighted by molar-refractivity contribution is 5.67. The normalized spacial score (nSPS) is 9.86. The number of carboxylic acid groups (broad SMARTS) is 1. The average molecular weight is 198 g/mol. The van der Waals surface area contributed by atoms with Gasteiger partial charge in [-0.25, -0.2) is 9.37 Å². The number of hydrogen-bond acceptors (Lipinski definition) is 3. The minimum atomic E-state index is -0.909. The van der Waals surface area contributed by atoms with Gasteiger partial charge in [0.15, 0.2) is 11.6 Å². The third-order valence-electron chi connectivity index (χ3n) is 1.76. The molecule has 0 amide bonds. The van der Waals surface area contributed by atoms with Gasteiger partial charge in [-0.05, 0) is 12.1 Å². The number of aromatic nitrogens is 1. The molecule has 0 aliphatic rings. The van der Waals surface area contributed by atoms with E-state index in [1.165, 1.54) is 23.2 Å². The number of halogens is 1. The van der Waals surface area contributed by atoms with Gasteiger partial charge >= 0.3 is 5.97 Å². The fourth-order valence-electron chi connectivity index (χ4n) is 1.03. The minimum Gasteiger partial charge on any atom is -0.481 e. The largest absolute Gasteiger partial charge is 0.481 e. The van der Waals surface area contributed by atoms with E-state index in [2.05, 4.69) is 4.98 Å². The molecule has 1 N–H and O–H groups in total. The predicted octanol–water partition coefficient (Wildman–Crippen LogP) is 1.13. The van der Waals surface area contributed by atoms with Crippen LogP contribution in [0.2, 0.25) is 0 Å². The molecule has 0 aliphatic carbocycles. The maximum absolute atomic E-state index is 13.1. The maximum atomic E-state index is 13.1. The molecule has 0 saturated heterocycles. The Balaban J connectivity index is 2.65. The van der Waals surface area contributed by atoms with E-state index in [0.717, 1.165) is 0 Å². The molecule has 0 radical (unpaired) electrons. The second kappa shape index (κ2) is 4.55. The molecule has 0 fully saturated rings. The first-order chi connectivity index (χ1) is 6.61. The Bertz CT molecular complexity index is 330. The van der Waals surface area contributed by atoms with Crippen LogP contribution in [0.15, 0.2) is 18.3 Å². The van der Waals surface area contributed by atoms with Crippen LogP contribution in [0.1, 0.15) is 6.42 Å². The highest BCUT2D eigenvalue weighted by Crippen LogP contribution is 2.13. The van der Waals surface area contributed by atoms with Gasteiger partial charge in [-0.3, -0.25) is 4.79 Å². The number of rotatable bonds is 4. The molecule has 0 aliphatic heterocycles. The predicted molar refractivity (Wildman–Crippen MR) is 49.7 cm³/mol. The first-order valence-corrected chi connectivity index (χ1v) is 4.14. The van der Waals surface area contributed by atoms with Gasteiger partial charge in [-0.2, -0.15) is 0 Å². The lowest BCUT2D eigenvalue weighted by Gasteiger charge is -2.16. The third-order valence-corrected chi connectivity index (χ3v) is 1.76. The zero-order valence-corrected chi connectivity index (χ0v) is 7.77. The van der Waals surface area contributed by atoms with Gasteiger partial charge in [0.05, 0.1) is 6.42 Å². The Hall–Kier alpha value is -1.65. The number of pyridine rings is 1. The van der Waals surface area contributed by atoms with Crippen molar-refractivity contribution in [2.24, 2.45) is 0 Å². The second-order valence-corrected chi connectivity index (χ2v) is 2.87. The van der Waals surface area contributed by atoms with Gasteiger partial charge in [-0.1, -0.05) is 0 Å². The number of aliphatic carboxylic acids is 1. The highest BCUT2D eigenvalue weighted by Gasteiger charge is 2.09. The summed E-state index contributed by atoms with van der Waals surface area (Å²) in [5.41, 5.74) is 0. The van der Waals surface area contributed by atoms with Gasteiger partial charge < -0.3 is 10.0 Å². The van der Waals surface area contributed by atoms with Gasteiger partial charge in [-0.15, -0.1) is 0 Å². The summed E-state index contributed by atoms with van der Waals surface area (Å²) in [6.45, 7) is 0.239. The van der Waals surface area contributed by atoms with Crippen LogP contribution in [-0.2, 0) is 4.79 Å². The zero-order valence-electron chi connectivity index (χ0n) is 7.77. The summed E-state index contributed by atoms with van der Waals surface area (Å²) >= 11 is 0. The molecule has 0 saturated carbocycles. The quantitative estimate of drug-likeness (QED) is 0.788. The molecular weight excluding hydrogens is 187 g/mol. The number of nitrogens with zero attached hydrogens (tertiary/aromatic N) is 2. The van der Waals surface area contributed by atoms with Crippen molar-refractivity contribution in [3.63, 3.8) is 0 Å². The van der Waals surface area contributed by atoms with E-state index < -0.39 is 11.8 Å². The third kappa shape index (κ3) is 2.69. The molecule has 5 heteroatoms. The van der Waals surface area contributed by atoms with Crippen LogP contribution in [0.3, 0.4) is 0 Å². The number of carbonyl (C=O) groups is 1. The molecule has 0 atom stereocenters. The van der Waals surface area contributed by atoms with E-state index in [1.54, 1.807) is 7.05 Å². The molecule has 0 spiro atoms. The average Bonchev–Trinajstić information content (AvgIpc) is 2.15. The van der Waals surface area contributed by atoms with E-state index in [4.69, 9.17) is 5.11 Å². The summed E-state index contributed by atoms with van der Waals surface area (Å²) in [4.78, 5) is 15.6. The molecule has 0 aromatic carbocycles. The number of carboxylic acids is 1. The standard InChI is InChI=1S/C9H11FN2O2/c1-12(6-4-8(13)14)9-7(10)3-2-5-11-9/h2-3,5H,4,6H2,1H3,(H,13,14).